The van der Waals surface area contributed by atoms with Gasteiger partial charge in [0.05, 0.1) is 5.92 Å². The van der Waals surface area contributed by atoms with E-state index in [1.165, 1.54) is 25.7 Å². The molecule has 1 unspecified atom stereocenters. The molecule has 23 heavy (non-hydrogen) atoms. The van der Waals surface area contributed by atoms with Gasteiger partial charge in [-0.3, -0.25) is 4.79 Å². The fourth-order valence-corrected chi connectivity index (χ4v) is 3.35. The van der Waals surface area contributed by atoms with Crippen LogP contribution in [0.25, 0.3) is 0 Å². The lowest BCUT2D eigenvalue weighted by Gasteiger charge is -2.17. The molecule has 2 aromatic rings. The zero-order chi connectivity index (χ0) is 16.1. The van der Waals surface area contributed by atoms with Gasteiger partial charge in [-0.15, -0.1) is 0 Å². The van der Waals surface area contributed by atoms with Gasteiger partial charge in [0.15, 0.2) is 0 Å². The highest BCUT2D eigenvalue weighted by molar-refractivity contribution is 5.76. The van der Waals surface area contributed by atoms with E-state index in [0.29, 0.717) is 5.92 Å². The zero-order valence-corrected chi connectivity index (χ0v) is 13.2. The second-order valence-electron chi connectivity index (χ2n) is 6.26. The maximum absolute atomic E-state index is 11.6. The van der Waals surface area contributed by atoms with Crippen molar-refractivity contribution in [2.75, 3.05) is 0 Å². The van der Waals surface area contributed by atoms with Gasteiger partial charge in [-0.05, 0) is 42.2 Å². The smallest absolute Gasteiger partial charge is 0.310 e. The summed E-state index contributed by atoms with van der Waals surface area (Å²) in [5, 5.41) is 9.56. The van der Waals surface area contributed by atoms with Gasteiger partial charge in [-0.2, -0.15) is 0 Å². The van der Waals surface area contributed by atoms with Crippen molar-refractivity contribution in [2.45, 2.75) is 38.0 Å². The van der Waals surface area contributed by atoms with Crippen LogP contribution < -0.4 is 4.74 Å². The summed E-state index contributed by atoms with van der Waals surface area (Å²) >= 11 is 0. The summed E-state index contributed by atoms with van der Waals surface area (Å²) in [5.74, 6) is 0.916. The summed E-state index contributed by atoms with van der Waals surface area (Å²) < 4.78 is 5.76. The number of hydrogen-bond donors (Lipinski definition) is 1. The molecule has 0 bridgehead atoms. The van der Waals surface area contributed by atoms with E-state index < -0.39 is 11.9 Å². The van der Waals surface area contributed by atoms with Crippen molar-refractivity contribution in [3.63, 3.8) is 0 Å². The number of carboxylic acids is 1. The first-order valence-corrected chi connectivity index (χ1v) is 8.28. The van der Waals surface area contributed by atoms with Crippen molar-refractivity contribution < 1.29 is 14.6 Å². The highest BCUT2D eigenvalue weighted by atomic mass is 16.5. The normalized spacial score (nSPS) is 16.2. The minimum absolute atomic E-state index is 0.413. The average Bonchev–Trinajstić information content (AvgIpc) is 3.07. The van der Waals surface area contributed by atoms with Crippen LogP contribution in [0, 0.1) is 5.92 Å². The lowest BCUT2D eigenvalue weighted by molar-refractivity contribution is -0.139. The maximum atomic E-state index is 11.6. The van der Waals surface area contributed by atoms with Crippen molar-refractivity contribution in [3.8, 4) is 11.5 Å². The summed E-state index contributed by atoms with van der Waals surface area (Å²) in [6.07, 6.45) is 5.55. The monoisotopic (exact) mass is 310 g/mol. The van der Waals surface area contributed by atoms with Crippen LogP contribution in [0.5, 0.6) is 11.5 Å². The van der Waals surface area contributed by atoms with Crippen LogP contribution in [0.4, 0.5) is 0 Å². The van der Waals surface area contributed by atoms with Crippen LogP contribution in [0.3, 0.4) is 0 Å². The first-order valence-electron chi connectivity index (χ1n) is 8.28. The third kappa shape index (κ3) is 4.13. The molecule has 1 aliphatic carbocycles. The van der Waals surface area contributed by atoms with Gasteiger partial charge in [0.1, 0.15) is 11.5 Å². The average molecular weight is 310 g/mol. The van der Waals surface area contributed by atoms with E-state index in [2.05, 4.69) is 0 Å². The number of carboxylic acid groups (broad SMARTS) is 1. The van der Waals surface area contributed by atoms with Gasteiger partial charge in [-0.1, -0.05) is 56.0 Å². The van der Waals surface area contributed by atoms with Gasteiger partial charge in [0.25, 0.3) is 0 Å². The van der Waals surface area contributed by atoms with Crippen molar-refractivity contribution in [1.29, 1.82) is 0 Å². The van der Waals surface area contributed by atoms with E-state index >= 15 is 0 Å². The SMILES string of the molecule is O=C(O)C(CC1CCCC1)c1ccc(Oc2ccccc2)cc1. The molecule has 0 saturated heterocycles. The van der Waals surface area contributed by atoms with Crippen molar-refractivity contribution >= 4 is 5.97 Å². The highest BCUT2D eigenvalue weighted by Gasteiger charge is 2.26. The third-order valence-electron chi connectivity index (χ3n) is 4.60. The Morgan fingerprint density at radius 2 is 1.61 bits per heavy atom. The molecule has 0 aromatic heterocycles. The quantitative estimate of drug-likeness (QED) is 0.795. The number of hydrogen-bond acceptors (Lipinski definition) is 2. The molecule has 1 atom stereocenters. The van der Waals surface area contributed by atoms with Crippen LogP contribution >= 0.6 is 0 Å². The predicted octanol–water partition coefficient (Wildman–Crippen LogP) is 5.23. The summed E-state index contributed by atoms with van der Waals surface area (Å²) in [6.45, 7) is 0. The molecule has 120 valence electrons. The Hall–Kier alpha value is -2.29. The summed E-state index contributed by atoms with van der Waals surface area (Å²) in [6, 6.07) is 17.0. The summed E-state index contributed by atoms with van der Waals surface area (Å²) in [4.78, 5) is 11.6. The minimum atomic E-state index is -0.728. The lowest BCUT2D eigenvalue weighted by Crippen LogP contribution is -2.15. The maximum Gasteiger partial charge on any atom is 0.310 e. The number of para-hydroxylation sites is 1. The Morgan fingerprint density at radius 1 is 1.00 bits per heavy atom. The van der Waals surface area contributed by atoms with Crippen molar-refractivity contribution in [2.24, 2.45) is 5.92 Å². The molecule has 2 aromatic carbocycles. The molecule has 3 rings (SSSR count). The zero-order valence-electron chi connectivity index (χ0n) is 13.2. The largest absolute Gasteiger partial charge is 0.481 e. The Bertz CT molecular complexity index is 628. The second kappa shape index (κ2) is 7.32. The fourth-order valence-electron chi connectivity index (χ4n) is 3.35. The Balaban J connectivity index is 1.69. The van der Waals surface area contributed by atoms with Gasteiger partial charge >= 0.3 is 5.97 Å². The van der Waals surface area contributed by atoms with Crippen LogP contribution in [-0.4, -0.2) is 11.1 Å². The molecule has 1 aliphatic rings. The van der Waals surface area contributed by atoms with E-state index in [9.17, 15) is 9.90 Å². The van der Waals surface area contributed by atoms with E-state index in [4.69, 9.17) is 4.74 Å². The molecule has 0 radical (unpaired) electrons. The number of carbonyl (C=O) groups is 1. The van der Waals surface area contributed by atoms with Crippen molar-refractivity contribution in [1.82, 2.24) is 0 Å². The molecular weight excluding hydrogens is 288 g/mol. The Labute approximate surface area is 136 Å². The third-order valence-corrected chi connectivity index (χ3v) is 4.60. The molecule has 1 N–H and O–H groups in total. The van der Waals surface area contributed by atoms with E-state index in [1.54, 1.807) is 0 Å². The predicted molar refractivity (Wildman–Crippen MR) is 89.9 cm³/mol. The van der Waals surface area contributed by atoms with Gasteiger partial charge in [0.2, 0.25) is 0 Å². The van der Waals surface area contributed by atoms with E-state index in [-0.39, 0.29) is 0 Å². The molecule has 1 fully saturated rings. The molecule has 3 heteroatoms. The van der Waals surface area contributed by atoms with Crippen LogP contribution in [-0.2, 0) is 4.79 Å². The lowest BCUT2D eigenvalue weighted by atomic mass is 9.88. The summed E-state index contributed by atoms with van der Waals surface area (Å²) in [5.41, 5.74) is 0.866. The molecular formula is C20H22O3. The molecule has 3 nitrogen and oxygen atoms in total. The topological polar surface area (TPSA) is 46.5 Å². The van der Waals surface area contributed by atoms with Gasteiger partial charge in [-0.25, -0.2) is 0 Å². The van der Waals surface area contributed by atoms with Crippen LogP contribution in [0.2, 0.25) is 0 Å². The second-order valence-corrected chi connectivity index (χ2v) is 6.26. The standard InChI is InChI=1S/C20H22O3/c21-20(22)19(14-15-6-4-5-7-15)16-10-12-18(13-11-16)23-17-8-2-1-3-9-17/h1-3,8-13,15,19H,4-7,14H2,(H,21,22). The van der Waals surface area contributed by atoms with Gasteiger partial charge in [0, 0.05) is 0 Å². The van der Waals surface area contributed by atoms with E-state index in [0.717, 1.165) is 23.5 Å². The number of benzene rings is 2. The minimum Gasteiger partial charge on any atom is -0.481 e. The Kier molecular flexibility index (Phi) is 4.96. The molecule has 1 saturated carbocycles. The number of rotatable bonds is 6. The van der Waals surface area contributed by atoms with Crippen LogP contribution in [0.1, 0.15) is 43.6 Å². The molecule has 0 amide bonds. The Morgan fingerprint density at radius 3 is 2.22 bits per heavy atom. The van der Waals surface area contributed by atoms with Gasteiger partial charge < -0.3 is 9.84 Å². The van der Waals surface area contributed by atoms with Crippen LogP contribution in [0.15, 0.2) is 54.6 Å². The fraction of sp³-hybridized carbons (Fsp3) is 0.350. The number of ether oxygens (including phenoxy) is 1. The molecule has 0 heterocycles. The van der Waals surface area contributed by atoms with Crippen molar-refractivity contribution in [3.05, 3.63) is 60.2 Å². The highest BCUT2D eigenvalue weighted by Crippen LogP contribution is 2.35. The first-order chi connectivity index (χ1) is 11.2. The molecule has 0 aliphatic heterocycles. The molecule has 0 spiro atoms. The van der Waals surface area contributed by atoms with E-state index in [1.807, 2.05) is 54.6 Å². The number of aliphatic carboxylic acids is 1. The first kappa shape index (κ1) is 15.6. The summed E-state index contributed by atoms with van der Waals surface area (Å²) in [7, 11) is 0.